The summed E-state index contributed by atoms with van der Waals surface area (Å²) in [7, 11) is 0. The predicted molar refractivity (Wildman–Crippen MR) is 117 cm³/mol. The minimum absolute atomic E-state index is 0.0533. The second-order valence-electron chi connectivity index (χ2n) is 6.96. The highest BCUT2D eigenvalue weighted by Gasteiger charge is 2.12. The van der Waals surface area contributed by atoms with Crippen LogP contribution >= 0.6 is 23.2 Å². The van der Waals surface area contributed by atoms with E-state index in [0.717, 1.165) is 27.5 Å². The van der Waals surface area contributed by atoms with Crippen molar-refractivity contribution in [3.05, 3.63) is 76.3 Å². The quantitative estimate of drug-likeness (QED) is 0.409. The van der Waals surface area contributed by atoms with Crippen LogP contribution in [-0.4, -0.2) is 18.6 Å². The lowest BCUT2D eigenvalue weighted by Gasteiger charge is -2.15. The van der Waals surface area contributed by atoms with E-state index in [9.17, 15) is 4.79 Å². The Kier molecular flexibility index (Phi) is 5.65. The van der Waals surface area contributed by atoms with Gasteiger partial charge < -0.3 is 14.5 Å². The van der Waals surface area contributed by atoms with Crippen LogP contribution in [0.4, 0.5) is 0 Å². The molecule has 1 heterocycles. The first-order chi connectivity index (χ1) is 14.0. The van der Waals surface area contributed by atoms with Crippen LogP contribution in [0.15, 0.2) is 65.1 Å². The number of para-hydroxylation sites is 1. The minimum Gasteiger partial charge on any atom is -0.482 e. The molecule has 0 saturated heterocycles. The third kappa shape index (κ3) is 4.50. The molecule has 1 amide bonds. The second-order valence-corrected chi connectivity index (χ2v) is 7.81. The zero-order valence-electron chi connectivity index (χ0n) is 15.7. The van der Waals surface area contributed by atoms with Crippen LogP contribution < -0.4 is 10.1 Å². The molecule has 0 bridgehead atoms. The van der Waals surface area contributed by atoms with Crippen molar-refractivity contribution in [2.75, 3.05) is 6.61 Å². The van der Waals surface area contributed by atoms with Gasteiger partial charge in [0.15, 0.2) is 6.61 Å². The van der Waals surface area contributed by atoms with E-state index >= 15 is 0 Å². The Balaban J connectivity index is 1.38. The van der Waals surface area contributed by atoms with E-state index in [4.69, 9.17) is 32.4 Å². The van der Waals surface area contributed by atoms with E-state index in [1.165, 1.54) is 0 Å². The van der Waals surface area contributed by atoms with E-state index in [0.29, 0.717) is 22.2 Å². The van der Waals surface area contributed by atoms with E-state index in [1.54, 1.807) is 18.2 Å². The maximum absolute atomic E-state index is 12.2. The molecule has 0 saturated carbocycles. The lowest BCUT2D eigenvalue weighted by Crippen LogP contribution is -2.37. The van der Waals surface area contributed by atoms with E-state index in [1.807, 2.05) is 37.3 Å². The molecule has 0 aliphatic rings. The first-order valence-corrected chi connectivity index (χ1v) is 10.0. The van der Waals surface area contributed by atoms with Gasteiger partial charge in [-0.15, -0.1) is 0 Å². The van der Waals surface area contributed by atoms with Gasteiger partial charge in [-0.3, -0.25) is 4.79 Å². The van der Waals surface area contributed by atoms with Gasteiger partial charge in [-0.05, 0) is 55.3 Å². The van der Waals surface area contributed by atoms with E-state index in [-0.39, 0.29) is 18.6 Å². The van der Waals surface area contributed by atoms with Gasteiger partial charge in [0.25, 0.3) is 5.91 Å². The molecule has 0 radical (unpaired) electrons. The number of rotatable bonds is 6. The molecule has 0 unspecified atom stereocenters. The summed E-state index contributed by atoms with van der Waals surface area (Å²) in [6.45, 7) is 1.85. The average Bonchev–Trinajstić information content (AvgIpc) is 3.05. The Labute approximate surface area is 178 Å². The summed E-state index contributed by atoms with van der Waals surface area (Å²) >= 11 is 11.9. The number of furan rings is 1. The summed E-state index contributed by atoms with van der Waals surface area (Å²) in [6, 6.07) is 18.9. The first-order valence-electron chi connectivity index (χ1n) is 9.27. The van der Waals surface area contributed by atoms with Crippen LogP contribution in [0.5, 0.6) is 5.75 Å². The summed E-state index contributed by atoms with van der Waals surface area (Å²) in [5, 5.41) is 6.02. The van der Waals surface area contributed by atoms with Crippen molar-refractivity contribution in [2.45, 2.75) is 19.4 Å². The Bertz CT molecular complexity index is 1190. The maximum Gasteiger partial charge on any atom is 0.258 e. The number of amides is 1. The van der Waals surface area contributed by atoms with E-state index in [2.05, 4.69) is 17.4 Å². The monoisotopic (exact) mass is 427 g/mol. The third-order valence-corrected chi connectivity index (χ3v) is 5.17. The number of ether oxygens (including phenoxy) is 1. The molecule has 4 aromatic rings. The van der Waals surface area contributed by atoms with Crippen molar-refractivity contribution in [2.24, 2.45) is 0 Å². The predicted octanol–water partition coefficient (Wildman–Crippen LogP) is 6.02. The first kappa shape index (κ1) is 19.6. The molecule has 3 aromatic carbocycles. The number of carbonyl (C=O) groups excluding carboxylic acids is 1. The van der Waals surface area contributed by atoms with Gasteiger partial charge >= 0.3 is 0 Å². The van der Waals surface area contributed by atoms with Gasteiger partial charge in [0, 0.05) is 21.8 Å². The minimum atomic E-state index is -0.210. The molecule has 4 rings (SSSR count). The average molecular weight is 428 g/mol. The topological polar surface area (TPSA) is 51.5 Å². The van der Waals surface area contributed by atoms with Crippen LogP contribution in [-0.2, 0) is 11.2 Å². The molecule has 1 aromatic heterocycles. The molecule has 4 nitrogen and oxygen atoms in total. The smallest absolute Gasteiger partial charge is 0.258 e. The number of fused-ring (bicyclic) bond motifs is 3. The summed E-state index contributed by atoms with van der Waals surface area (Å²) in [6.07, 6.45) is 0.697. The highest BCUT2D eigenvalue weighted by atomic mass is 35.5. The summed E-state index contributed by atoms with van der Waals surface area (Å²) < 4.78 is 11.3. The van der Waals surface area contributed by atoms with Gasteiger partial charge in [-0.1, -0.05) is 47.5 Å². The molecule has 0 fully saturated rings. The number of hydrogen-bond acceptors (Lipinski definition) is 3. The molecule has 0 aliphatic carbocycles. The van der Waals surface area contributed by atoms with Gasteiger partial charge in [0.2, 0.25) is 0 Å². The van der Waals surface area contributed by atoms with Crippen molar-refractivity contribution in [3.8, 4) is 5.75 Å². The molecule has 0 aliphatic heterocycles. The number of benzene rings is 3. The fourth-order valence-electron chi connectivity index (χ4n) is 3.36. The number of carbonyl (C=O) groups is 1. The molecule has 0 spiro atoms. The van der Waals surface area contributed by atoms with Crippen molar-refractivity contribution in [3.63, 3.8) is 0 Å². The van der Waals surface area contributed by atoms with Crippen LogP contribution in [0, 0.1) is 0 Å². The fraction of sp³-hybridized carbons (Fsp3) is 0.174. The molecule has 1 N–H and O–H groups in total. The normalized spacial score (nSPS) is 12.2. The van der Waals surface area contributed by atoms with E-state index < -0.39 is 0 Å². The molecule has 6 heteroatoms. The lowest BCUT2D eigenvalue weighted by molar-refractivity contribution is -0.123. The van der Waals surface area contributed by atoms with Gasteiger partial charge in [-0.25, -0.2) is 0 Å². The fourth-order valence-corrected chi connectivity index (χ4v) is 3.82. The van der Waals surface area contributed by atoms with Crippen molar-refractivity contribution in [1.29, 1.82) is 0 Å². The Hall–Kier alpha value is -2.69. The van der Waals surface area contributed by atoms with Crippen molar-refractivity contribution < 1.29 is 13.9 Å². The summed E-state index contributed by atoms with van der Waals surface area (Å²) in [5.74, 6) is 0.217. The molecular weight excluding hydrogens is 409 g/mol. The lowest BCUT2D eigenvalue weighted by atomic mass is 10.0. The summed E-state index contributed by atoms with van der Waals surface area (Å²) in [5.41, 5.74) is 2.86. The Morgan fingerprint density at radius 3 is 2.66 bits per heavy atom. The standard InChI is InChI=1S/C23H19Cl2NO3/c1-14(26-23(27)13-28-22-9-7-16(24)12-19(22)25)10-15-6-8-21-18(11-15)17-4-2-3-5-20(17)29-21/h2-9,11-12,14H,10,13H2,1H3,(H,26,27)/t14-/m0/s1. The molecule has 1 atom stereocenters. The molecule has 29 heavy (non-hydrogen) atoms. The Morgan fingerprint density at radius 1 is 1.03 bits per heavy atom. The van der Waals surface area contributed by atoms with Gasteiger partial charge in [0.1, 0.15) is 16.9 Å². The van der Waals surface area contributed by atoms with Gasteiger partial charge in [-0.2, -0.15) is 0 Å². The summed E-state index contributed by atoms with van der Waals surface area (Å²) in [4.78, 5) is 12.2. The number of halogens is 2. The molecule has 148 valence electrons. The zero-order valence-corrected chi connectivity index (χ0v) is 17.3. The van der Waals surface area contributed by atoms with Crippen LogP contribution in [0.3, 0.4) is 0 Å². The Morgan fingerprint density at radius 2 is 1.83 bits per heavy atom. The molecular formula is C23H19Cl2NO3. The van der Waals surface area contributed by atoms with Gasteiger partial charge in [0.05, 0.1) is 5.02 Å². The second kappa shape index (κ2) is 8.36. The van der Waals surface area contributed by atoms with Crippen molar-refractivity contribution in [1.82, 2.24) is 5.32 Å². The SMILES string of the molecule is C[C@@H](Cc1ccc2oc3ccccc3c2c1)NC(=O)COc1ccc(Cl)cc1Cl. The van der Waals surface area contributed by atoms with Crippen LogP contribution in [0.2, 0.25) is 10.0 Å². The van der Waals surface area contributed by atoms with Crippen molar-refractivity contribution >= 4 is 51.0 Å². The third-order valence-electron chi connectivity index (χ3n) is 4.64. The van der Waals surface area contributed by atoms with Crippen LogP contribution in [0.25, 0.3) is 21.9 Å². The van der Waals surface area contributed by atoms with Crippen LogP contribution in [0.1, 0.15) is 12.5 Å². The highest BCUT2D eigenvalue weighted by Crippen LogP contribution is 2.29. The maximum atomic E-state index is 12.2. The zero-order chi connectivity index (χ0) is 20.4. The number of nitrogens with one attached hydrogen (secondary N) is 1. The number of hydrogen-bond donors (Lipinski definition) is 1. The largest absolute Gasteiger partial charge is 0.482 e. The highest BCUT2D eigenvalue weighted by molar-refractivity contribution is 6.35.